The fourth-order valence-corrected chi connectivity index (χ4v) is 10.5. The number of nitrogens with one attached hydrogen (secondary N) is 10. The molecule has 1 aromatic carbocycles. The Morgan fingerprint density at radius 3 is 1.17 bits per heavy atom. The first-order chi connectivity index (χ1) is 51.2. The zero-order chi connectivity index (χ0) is 80.9. The molecular weight excluding hydrogens is 1430 g/mol. The summed E-state index contributed by atoms with van der Waals surface area (Å²) in [6.07, 6.45) is 4.41. The summed E-state index contributed by atoms with van der Waals surface area (Å²) >= 11 is 0. The number of ketones is 2. The number of hydrogen-bond acceptors (Lipinski definition) is 24. The Labute approximate surface area is 623 Å². The lowest BCUT2D eigenvalue weighted by Gasteiger charge is -2.23. The van der Waals surface area contributed by atoms with Gasteiger partial charge in [-0.2, -0.15) is 0 Å². The zero-order valence-corrected chi connectivity index (χ0v) is 61.2. The minimum atomic E-state index is -1.59. The van der Waals surface area contributed by atoms with Gasteiger partial charge in [0.1, 0.15) is 47.1 Å². The van der Waals surface area contributed by atoms with Gasteiger partial charge in [-0.25, -0.2) is 48.8 Å². The van der Waals surface area contributed by atoms with Gasteiger partial charge in [-0.3, -0.25) is 73.3 Å². The van der Waals surface area contributed by atoms with Gasteiger partial charge in [0.05, 0.1) is 0 Å². The van der Waals surface area contributed by atoms with E-state index in [2.05, 4.69) is 42.5 Å². The molecule has 0 aliphatic carbocycles. The van der Waals surface area contributed by atoms with Crippen molar-refractivity contribution in [1.82, 2.24) is 62.6 Å². The molecule has 0 saturated heterocycles. The molecule has 0 fully saturated rings. The highest BCUT2D eigenvalue weighted by molar-refractivity contribution is 5.88. The Balaban J connectivity index is 2.66. The van der Waals surface area contributed by atoms with E-state index < -0.39 is 132 Å². The van der Waals surface area contributed by atoms with E-state index in [-0.39, 0.29) is 190 Å². The minimum absolute atomic E-state index is 0.00643. The van der Waals surface area contributed by atoms with Crippen molar-refractivity contribution in [3.63, 3.8) is 0 Å². The highest BCUT2D eigenvalue weighted by Gasteiger charge is 2.28. The van der Waals surface area contributed by atoms with Crippen LogP contribution in [0.5, 0.6) is 0 Å². The van der Waals surface area contributed by atoms with Crippen molar-refractivity contribution in [2.24, 2.45) is 0 Å². The molecule has 0 bridgehead atoms. The molecule has 1 aromatic rings. The number of carboxylic acid groups (broad SMARTS) is 6. The first kappa shape index (κ1) is 95.9. The first-order valence-electron chi connectivity index (χ1n) is 36.3. The second-order valence-corrected chi connectivity index (χ2v) is 25.6. The molecule has 0 aromatic heterocycles. The second-order valence-electron chi connectivity index (χ2n) is 25.6. The van der Waals surface area contributed by atoms with Gasteiger partial charge in [-0.05, 0) is 122 Å². The molecular formula is C67H110N14O27. The standard InChI is InChI=1S/C67H110N14O27/c1-44(82)79(106)39-14-4-9-32-69-52(86)27-29-54(88)81(108)40-13-3-2-6-18-46(84)24-28-53(87)80(107)41-15-5-10-34-70-57-58(60(94)59(57)93)71-36-42-78(43-37-73-65(103)72-35-12-8-22-48(62(97)98)75-67(105)77-50(64(101)102)26-31-56(91)92)38-17-20-45(83)19-16-23-51(85)68-33-11-7-21-47(61(95)96)74-66(104)76-49(63(99)100)25-30-55(89)90/h47-50,70-71,106-108H,2-43H2,1H3,(H,68,85)(H,69,86)(H,89,90)(H,91,92)(H,95,96)(H,97,98)(H,99,100)(H,101,102)(H2,72,73,103)(H2,74,76,104)(H2,75,77,105). The Kier molecular flexibility index (Phi) is 49.9. The van der Waals surface area contributed by atoms with E-state index in [0.717, 1.165) is 0 Å². The molecule has 0 aliphatic heterocycles. The molecule has 0 aliphatic rings. The number of rotatable bonds is 65. The summed E-state index contributed by atoms with van der Waals surface area (Å²) in [5.41, 5.74) is -1.40. The van der Waals surface area contributed by atoms with Gasteiger partial charge < -0.3 is 83.8 Å². The number of nitrogens with zero attached hydrogens (tertiary/aromatic N) is 4. The summed E-state index contributed by atoms with van der Waals surface area (Å²) in [4.78, 5) is 219. The van der Waals surface area contributed by atoms with Gasteiger partial charge in [0.25, 0.3) is 10.9 Å². The van der Waals surface area contributed by atoms with Crippen LogP contribution < -0.4 is 64.0 Å². The smallest absolute Gasteiger partial charge is 0.326 e. The number of urea groups is 3. The lowest BCUT2D eigenvalue weighted by Crippen LogP contribution is -2.51. The number of hydrogen-bond donors (Lipinski definition) is 19. The largest absolute Gasteiger partial charge is 0.481 e. The molecule has 108 heavy (non-hydrogen) atoms. The van der Waals surface area contributed by atoms with Crippen molar-refractivity contribution >= 4 is 106 Å². The monoisotopic (exact) mass is 1540 g/mol. The fourth-order valence-electron chi connectivity index (χ4n) is 10.5. The number of carbonyl (C=O) groups excluding carboxylic acids is 10. The molecule has 19 N–H and O–H groups in total. The normalized spacial score (nSPS) is 12.0. The van der Waals surface area contributed by atoms with Crippen LogP contribution in [0.15, 0.2) is 9.59 Å². The Morgan fingerprint density at radius 1 is 0.315 bits per heavy atom. The third-order valence-electron chi connectivity index (χ3n) is 16.7. The van der Waals surface area contributed by atoms with Crippen LogP contribution in [-0.2, 0) is 62.3 Å². The van der Waals surface area contributed by atoms with Gasteiger partial charge in [0.2, 0.25) is 29.5 Å². The summed E-state index contributed by atoms with van der Waals surface area (Å²) in [6, 6.07) is -8.88. The number of carboxylic acids is 6. The Morgan fingerprint density at radius 2 is 0.685 bits per heavy atom. The third kappa shape index (κ3) is 46.0. The Hall–Kier alpha value is -10.2. The minimum Gasteiger partial charge on any atom is -0.481 e. The highest BCUT2D eigenvalue weighted by atomic mass is 16.5. The number of hydroxylamine groups is 6. The van der Waals surface area contributed by atoms with E-state index in [4.69, 9.17) is 10.2 Å². The van der Waals surface area contributed by atoms with Gasteiger partial charge in [0, 0.05) is 143 Å². The quantitative estimate of drug-likeness (QED) is 0.0187. The maximum absolute atomic E-state index is 13.0. The fraction of sp³-hybridized carbons (Fsp3) is 0.701. The van der Waals surface area contributed by atoms with Crippen LogP contribution in [0.1, 0.15) is 200 Å². The lowest BCUT2D eigenvalue weighted by atomic mass is 10.1. The van der Waals surface area contributed by atoms with Gasteiger partial charge in [0.15, 0.2) is 0 Å². The van der Waals surface area contributed by atoms with Crippen LogP contribution in [0.25, 0.3) is 0 Å². The predicted molar refractivity (Wildman–Crippen MR) is 381 cm³/mol. The summed E-state index contributed by atoms with van der Waals surface area (Å²) in [6.45, 7) is 3.26. The lowest BCUT2D eigenvalue weighted by molar-refractivity contribution is -0.166. The summed E-state index contributed by atoms with van der Waals surface area (Å²) < 4.78 is 0. The molecule has 0 saturated carbocycles. The van der Waals surface area contributed by atoms with E-state index >= 15 is 0 Å². The topological polar surface area (TPSA) is 623 Å². The third-order valence-corrected chi connectivity index (χ3v) is 16.7. The molecule has 4 unspecified atom stereocenters. The second kappa shape index (κ2) is 56.2. The van der Waals surface area contributed by atoms with Crippen LogP contribution in [0.4, 0.5) is 25.8 Å². The van der Waals surface area contributed by atoms with E-state index in [1.807, 2.05) is 15.5 Å². The number of Topliss-reactive ketones (excluding diaryl/α,β-unsaturated/α-hetero) is 2. The molecule has 0 spiro atoms. The maximum Gasteiger partial charge on any atom is 0.326 e. The van der Waals surface area contributed by atoms with Gasteiger partial charge >= 0.3 is 53.9 Å². The molecule has 0 heterocycles. The Bertz CT molecular complexity index is 3150. The summed E-state index contributed by atoms with van der Waals surface area (Å²) in [7, 11) is 0. The number of anilines is 2. The maximum atomic E-state index is 13.0. The number of unbranched alkanes of at least 4 members (excludes halogenated alkanes) is 9. The zero-order valence-electron chi connectivity index (χ0n) is 61.2. The van der Waals surface area contributed by atoms with Crippen LogP contribution in [0, 0.1) is 0 Å². The number of amides is 11. The van der Waals surface area contributed by atoms with Crippen molar-refractivity contribution in [2.75, 3.05) is 89.2 Å². The summed E-state index contributed by atoms with van der Waals surface area (Å²) in [5, 5.41) is 112. The van der Waals surface area contributed by atoms with Crippen molar-refractivity contribution in [3.8, 4) is 0 Å². The molecule has 41 heteroatoms. The van der Waals surface area contributed by atoms with Gasteiger partial charge in [-0.15, -0.1) is 0 Å². The predicted octanol–water partition coefficient (Wildman–Crippen LogP) is 1.03. The van der Waals surface area contributed by atoms with Crippen LogP contribution in [0.3, 0.4) is 0 Å². The molecule has 41 nitrogen and oxygen atoms in total. The van der Waals surface area contributed by atoms with Crippen LogP contribution in [0.2, 0.25) is 0 Å². The SMILES string of the molecule is CC(=O)N(O)CCCCCNC(=O)CCC(=O)N(O)CCCCCCC(=O)CCC(=O)N(O)CCCCCNc1c(NCCN(CCCC(=O)CCCC(=O)NCCCCC(NC(=O)NC(CCC(=O)O)C(=O)O)C(=O)O)CCNC(=O)NCCCCC(NC(=O)NC(CCC(=O)O)C(=O)O)C(=O)O)c(=O)c1=O. The number of aliphatic carboxylic acids is 6. The van der Waals surface area contributed by atoms with E-state index in [9.17, 15) is 122 Å². The van der Waals surface area contributed by atoms with Gasteiger partial charge in [-0.1, -0.05) is 12.8 Å². The van der Waals surface area contributed by atoms with Crippen molar-refractivity contribution in [3.05, 3.63) is 20.4 Å². The van der Waals surface area contributed by atoms with E-state index in [1.54, 1.807) is 0 Å². The van der Waals surface area contributed by atoms with Crippen molar-refractivity contribution in [2.45, 2.75) is 224 Å². The van der Waals surface area contributed by atoms with E-state index in [1.165, 1.54) is 6.92 Å². The molecule has 4 atom stereocenters. The molecule has 0 radical (unpaired) electrons. The molecule has 11 amide bonds. The first-order valence-corrected chi connectivity index (χ1v) is 36.3. The average Bonchev–Trinajstić information content (AvgIpc) is 0.785. The highest BCUT2D eigenvalue weighted by Crippen LogP contribution is 2.16. The van der Waals surface area contributed by atoms with Crippen LogP contribution in [-0.4, -0.2) is 264 Å². The average molecular weight is 1540 g/mol. The number of carbonyl (C=O) groups is 16. The van der Waals surface area contributed by atoms with Crippen molar-refractivity contribution in [1.29, 1.82) is 0 Å². The van der Waals surface area contributed by atoms with Crippen LogP contribution >= 0.6 is 0 Å². The van der Waals surface area contributed by atoms with E-state index in [0.29, 0.717) is 105 Å². The summed E-state index contributed by atoms with van der Waals surface area (Å²) in [5.74, 6) is -11.2. The molecule has 1 rings (SSSR count). The van der Waals surface area contributed by atoms with Crippen molar-refractivity contribution < 1.29 is 123 Å². The molecule has 610 valence electrons.